The Labute approximate surface area is 186 Å². The number of sulfonamides is 1. The van der Waals surface area contributed by atoms with E-state index in [1.165, 1.54) is 22.5 Å². The van der Waals surface area contributed by atoms with Crippen LogP contribution in [-0.2, 0) is 10.0 Å². The van der Waals surface area contributed by atoms with Gasteiger partial charge >= 0.3 is 0 Å². The van der Waals surface area contributed by atoms with Crippen LogP contribution in [0.4, 0.5) is 8.78 Å². The molecule has 2 aromatic rings. The van der Waals surface area contributed by atoms with Crippen molar-refractivity contribution in [2.24, 2.45) is 0 Å². The summed E-state index contributed by atoms with van der Waals surface area (Å²) in [4.78, 5) is 14.8. The number of carbonyl (C=O) groups excluding carboxylic acids is 1. The van der Waals surface area contributed by atoms with Gasteiger partial charge in [-0.25, -0.2) is 17.2 Å². The number of amides is 1. The first kappa shape index (κ1) is 22.7. The second-order valence-electron chi connectivity index (χ2n) is 8.18. The topological polar surface area (TPSA) is 66.9 Å². The molecule has 0 N–H and O–H groups in total. The summed E-state index contributed by atoms with van der Waals surface area (Å²) < 4.78 is 59.9. The summed E-state index contributed by atoms with van der Waals surface area (Å²) in [7, 11) is -3.62. The Morgan fingerprint density at radius 1 is 0.938 bits per heavy atom. The first-order chi connectivity index (χ1) is 15.3. The summed E-state index contributed by atoms with van der Waals surface area (Å²) in [6, 6.07) is 9.36. The van der Waals surface area contributed by atoms with Crippen LogP contribution in [0.3, 0.4) is 0 Å². The minimum absolute atomic E-state index is 0.00760. The maximum atomic E-state index is 13.8. The predicted molar refractivity (Wildman–Crippen MR) is 115 cm³/mol. The summed E-state index contributed by atoms with van der Waals surface area (Å²) in [5.41, 5.74) is 0.326. The second-order valence-corrected chi connectivity index (χ2v) is 10.1. The normalized spacial score (nSPS) is 18.5. The molecule has 0 saturated carbocycles. The van der Waals surface area contributed by atoms with Crippen LogP contribution in [-0.4, -0.2) is 55.8 Å². The van der Waals surface area contributed by atoms with Crippen molar-refractivity contribution in [3.8, 4) is 5.75 Å². The summed E-state index contributed by atoms with van der Waals surface area (Å²) in [5, 5.41) is 0. The lowest BCUT2D eigenvalue weighted by atomic mass is 10.1. The van der Waals surface area contributed by atoms with E-state index in [1.807, 2.05) is 0 Å². The molecule has 6 nitrogen and oxygen atoms in total. The molecule has 2 aromatic carbocycles. The fourth-order valence-corrected chi connectivity index (χ4v) is 5.72. The molecule has 0 bridgehead atoms. The molecule has 0 radical (unpaired) electrons. The van der Waals surface area contributed by atoms with E-state index in [1.54, 1.807) is 17.0 Å². The number of hydrogen-bond acceptors (Lipinski definition) is 4. The molecule has 2 aliphatic rings. The monoisotopic (exact) mass is 464 g/mol. The van der Waals surface area contributed by atoms with Gasteiger partial charge in [-0.15, -0.1) is 0 Å². The van der Waals surface area contributed by atoms with Gasteiger partial charge in [0.25, 0.3) is 5.91 Å². The zero-order valence-electron chi connectivity index (χ0n) is 17.7. The third kappa shape index (κ3) is 4.94. The number of nitrogens with zero attached hydrogens (tertiary/aromatic N) is 2. The summed E-state index contributed by atoms with van der Waals surface area (Å²) in [6.07, 6.45) is 3.42. The SMILES string of the molecule is O=C(c1cccc(S(=O)(=O)N2CCCCC2)c1)N1CCC(Oc2ccc(F)cc2F)CC1. The second kappa shape index (κ2) is 9.54. The molecule has 1 amide bonds. The van der Waals surface area contributed by atoms with E-state index in [0.29, 0.717) is 44.6 Å². The molecular formula is C23H26F2N2O4S. The summed E-state index contributed by atoms with van der Waals surface area (Å²) >= 11 is 0. The highest BCUT2D eigenvalue weighted by Crippen LogP contribution is 2.25. The van der Waals surface area contributed by atoms with Gasteiger partial charge in [0.15, 0.2) is 11.6 Å². The maximum Gasteiger partial charge on any atom is 0.253 e. The molecule has 0 spiro atoms. The lowest BCUT2D eigenvalue weighted by Crippen LogP contribution is -2.42. The Hall–Kier alpha value is -2.52. The van der Waals surface area contributed by atoms with Crippen LogP contribution >= 0.6 is 0 Å². The van der Waals surface area contributed by atoms with Crippen molar-refractivity contribution in [2.75, 3.05) is 26.2 Å². The van der Waals surface area contributed by atoms with Gasteiger partial charge in [-0.05, 0) is 43.2 Å². The van der Waals surface area contributed by atoms with Crippen LogP contribution in [0.5, 0.6) is 5.75 Å². The van der Waals surface area contributed by atoms with Crippen LogP contribution in [0.2, 0.25) is 0 Å². The first-order valence-corrected chi connectivity index (χ1v) is 12.3. The molecular weight excluding hydrogens is 438 g/mol. The van der Waals surface area contributed by atoms with Crippen molar-refractivity contribution >= 4 is 15.9 Å². The van der Waals surface area contributed by atoms with Crippen molar-refractivity contribution in [1.29, 1.82) is 0 Å². The van der Waals surface area contributed by atoms with E-state index in [2.05, 4.69) is 0 Å². The number of piperidine rings is 2. The predicted octanol–water partition coefficient (Wildman–Crippen LogP) is 3.82. The van der Waals surface area contributed by atoms with Crippen LogP contribution in [0, 0.1) is 11.6 Å². The van der Waals surface area contributed by atoms with Crippen molar-refractivity contribution in [3.63, 3.8) is 0 Å². The highest BCUT2D eigenvalue weighted by atomic mass is 32.2. The van der Waals surface area contributed by atoms with Gasteiger partial charge in [-0.1, -0.05) is 12.5 Å². The number of ether oxygens (including phenoxy) is 1. The maximum absolute atomic E-state index is 13.8. The molecule has 9 heteroatoms. The Bertz CT molecular complexity index is 1080. The summed E-state index contributed by atoms with van der Waals surface area (Å²) in [5.74, 6) is -1.67. The number of benzene rings is 2. The highest BCUT2D eigenvalue weighted by molar-refractivity contribution is 7.89. The standard InChI is InChI=1S/C23H26F2N2O4S/c24-18-7-8-22(21(25)16-18)31-19-9-13-26(14-10-19)23(28)17-5-4-6-20(15-17)32(29,30)27-11-2-1-3-12-27/h4-8,15-16,19H,1-3,9-14H2. The average Bonchev–Trinajstić information content (AvgIpc) is 2.81. The Morgan fingerprint density at radius 3 is 2.34 bits per heavy atom. The number of likely N-dealkylation sites (tertiary alicyclic amines) is 1. The zero-order valence-corrected chi connectivity index (χ0v) is 18.5. The molecule has 0 aromatic heterocycles. The lowest BCUT2D eigenvalue weighted by Gasteiger charge is -2.32. The largest absolute Gasteiger partial charge is 0.487 e. The van der Waals surface area contributed by atoms with Gasteiger partial charge in [0.2, 0.25) is 10.0 Å². The number of carbonyl (C=O) groups is 1. The molecule has 2 fully saturated rings. The number of halogens is 2. The molecule has 2 aliphatic heterocycles. The van der Waals surface area contributed by atoms with E-state index in [9.17, 15) is 22.0 Å². The van der Waals surface area contributed by atoms with E-state index < -0.39 is 21.7 Å². The minimum Gasteiger partial charge on any atom is -0.487 e. The third-order valence-corrected chi connectivity index (χ3v) is 7.85. The molecule has 2 saturated heterocycles. The highest BCUT2D eigenvalue weighted by Gasteiger charge is 2.29. The van der Waals surface area contributed by atoms with Crippen molar-refractivity contribution < 1.29 is 26.7 Å². The van der Waals surface area contributed by atoms with Gasteiger partial charge in [0.05, 0.1) is 4.90 Å². The van der Waals surface area contributed by atoms with E-state index in [4.69, 9.17) is 4.74 Å². The van der Waals surface area contributed by atoms with Crippen molar-refractivity contribution in [1.82, 2.24) is 9.21 Å². The first-order valence-electron chi connectivity index (χ1n) is 10.9. The zero-order chi connectivity index (χ0) is 22.7. The Kier molecular flexibility index (Phi) is 6.76. The van der Waals surface area contributed by atoms with Crippen molar-refractivity contribution in [3.05, 3.63) is 59.7 Å². The van der Waals surface area contributed by atoms with E-state index in [-0.39, 0.29) is 22.7 Å². The third-order valence-electron chi connectivity index (χ3n) is 5.95. The molecule has 2 heterocycles. The van der Waals surface area contributed by atoms with E-state index in [0.717, 1.165) is 31.4 Å². The van der Waals surface area contributed by atoms with Gasteiger partial charge in [0, 0.05) is 50.7 Å². The molecule has 4 rings (SSSR count). The molecule has 0 unspecified atom stereocenters. The molecule has 0 atom stereocenters. The van der Waals surface area contributed by atoms with Gasteiger partial charge in [-0.2, -0.15) is 4.31 Å². The van der Waals surface area contributed by atoms with E-state index >= 15 is 0 Å². The average molecular weight is 465 g/mol. The molecule has 172 valence electrons. The fraction of sp³-hybridized carbons (Fsp3) is 0.435. The van der Waals surface area contributed by atoms with Gasteiger partial charge < -0.3 is 9.64 Å². The van der Waals surface area contributed by atoms with Gasteiger partial charge in [-0.3, -0.25) is 4.79 Å². The molecule has 0 aliphatic carbocycles. The quantitative estimate of drug-likeness (QED) is 0.675. The van der Waals surface area contributed by atoms with Crippen LogP contribution < -0.4 is 4.74 Å². The molecule has 32 heavy (non-hydrogen) atoms. The van der Waals surface area contributed by atoms with Crippen molar-refractivity contribution in [2.45, 2.75) is 43.1 Å². The van der Waals surface area contributed by atoms with Crippen LogP contribution in [0.25, 0.3) is 0 Å². The van der Waals surface area contributed by atoms with Crippen LogP contribution in [0.15, 0.2) is 47.4 Å². The Morgan fingerprint density at radius 2 is 1.66 bits per heavy atom. The van der Waals surface area contributed by atoms with Gasteiger partial charge in [0.1, 0.15) is 11.9 Å². The summed E-state index contributed by atoms with van der Waals surface area (Å²) in [6.45, 7) is 1.80. The fourth-order valence-electron chi connectivity index (χ4n) is 4.15. The Balaban J connectivity index is 1.39. The number of rotatable bonds is 5. The van der Waals surface area contributed by atoms with Crippen LogP contribution in [0.1, 0.15) is 42.5 Å². The smallest absolute Gasteiger partial charge is 0.253 e. The lowest BCUT2D eigenvalue weighted by molar-refractivity contribution is 0.0588. The minimum atomic E-state index is -3.62. The number of hydrogen-bond donors (Lipinski definition) is 0.